The number of rotatable bonds is 3. The molecule has 0 aliphatic carbocycles. The van der Waals surface area contributed by atoms with Crippen molar-refractivity contribution >= 4 is 11.9 Å². The topological polar surface area (TPSA) is 57.6 Å². The third kappa shape index (κ3) is 3.59. The average Bonchev–Trinajstić information content (AvgIpc) is 2.77. The summed E-state index contributed by atoms with van der Waals surface area (Å²) in [5, 5.41) is 8.91. The predicted molar refractivity (Wildman–Crippen MR) is 87.3 cm³/mol. The van der Waals surface area contributed by atoms with Crippen molar-refractivity contribution < 1.29 is 14.7 Å². The van der Waals surface area contributed by atoms with Crippen molar-refractivity contribution in [3.8, 4) is 0 Å². The van der Waals surface area contributed by atoms with Gasteiger partial charge in [-0.1, -0.05) is 36.4 Å². The molecule has 2 aromatic rings. The first kappa shape index (κ1) is 15.3. The van der Waals surface area contributed by atoms with E-state index in [4.69, 9.17) is 5.11 Å². The van der Waals surface area contributed by atoms with E-state index in [0.717, 1.165) is 24.9 Å². The minimum Gasteiger partial charge on any atom is -0.478 e. The maximum atomic E-state index is 12.6. The van der Waals surface area contributed by atoms with Crippen LogP contribution in [0.25, 0.3) is 0 Å². The van der Waals surface area contributed by atoms with Gasteiger partial charge in [0, 0.05) is 13.1 Å². The Morgan fingerprint density at radius 2 is 1.70 bits per heavy atom. The average molecular weight is 309 g/mol. The van der Waals surface area contributed by atoms with Gasteiger partial charge in [0.25, 0.3) is 0 Å². The molecule has 0 saturated carbocycles. The van der Waals surface area contributed by atoms with Crippen molar-refractivity contribution in [1.29, 1.82) is 0 Å². The SMILES string of the molecule is O=C(O)c1ccc(CC(=O)N2CCCc3ccccc3C2)cc1. The van der Waals surface area contributed by atoms with Crippen LogP contribution < -0.4 is 0 Å². The molecule has 4 nitrogen and oxygen atoms in total. The van der Waals surface area contributed by atoms with E-state index in [1.165, 1.54) is 11.1 Å². The number of carboxylic acid groups (broad SMARTS) is 1. The number of aromatic carboxylic acids is 1. The summed E-state index contributed by atoms with van der Waals surface area (Å²) >= 11 is 0. The second-order valence-electron chi connectivity index (χ2n) is 5.87. The van der Waals surface area contributed by atoms with Crippen LogP contribution in [-0.4, -0.2) is 28.4 Å². The van der Waals surface area contributed by atoms with Crippen LogP contribution in [0.4, 0.5) is 0 Å². The zero-order valence-electron chi connectivity index (χ0n) is 12.9. The fraction of sp³-hybridized carbons (Fsp3) is 0.263. The van der Waals surface area contributed by atoms with E-state index in [0.29, 0.717) is 13.0 Å². The number of amides is 1. The molecule has 0 saturated heterocycles. The number of hydrogen-bond acceptors (Lipinski definition) is 2. The van der Waals surface area contributed by atoms with Crippen LogP contribution in [0.15, 0.2) is 48.5 Å². The van der Waals surface area contributed by atoms with E-state index in [1.807, 2.05) is 17.0 Å². The molecule has 1 N–H and O–H groups in total. The zero-order chi connectivity index (χ0) is 16.2. The van der Waals surface area contributed by atoms with E-state index < -0.39 is 5.97 Å². The van der Waals surface area contributed by atoms with Crippen LogP contribution in [0.3, 0.4) is 0 Å². The Morgan fingerprint density at radius 3 is 2.39 bits per heavy atom. The summed E-state index contributed by atoms with van der Waals surface area (Å²) in [6.45, 7) is 1.42. The second kappa shape index (κ2) is 6.65. The molecule has 1 heterocycles. The van der Waals surface area contributed by atoms with Crippen LogP contribution in [0, 0.1) is 0 Å². The molecule has 4 heteroatoms. The van der Waals surface area contributed by atoms with E-state index in [9.17, 15) is 9.59 Å². The van der Waals surface area contributed by atoms with E-state index in [-0.39, 0.29) is 11.5 Å². The molecule has 0 radical (unpaired) electrons. The Bertz CT molecular complexity index is 722. The number of hydrogen-bond donors (Lipinski definition) is 1. The van der Waals surface area contributed by atoms with Gasteiger partial charge < -0.3 is 10.0 Å². The lowest BCUT2D eigenvalue weighted by Gasteiger charge is -2.21. The Labute approximate surface area is 135 Å². The zero-order valence-corrected chi connectivity index (χ0v) is 12.9. The first-order chi connectivity index (χ1) is 11.1. The smallest absolute Gasteiger partial charge is 0.335 e. The molecular formula is C19H19NO3. The molecule has 1 amide bonds. The molecular weight excluding hydrogens is 290 g/mol. The largest absolute Gasteiger partial charge is 0.478 e. The fourth-order valence-electron chi connectivity index (χ4n) is 2.97. The molecule has 118 valence electrons. The summed E-state index contributed by atoms with van der Waals surface area (Å²) in [5.74, 6) is -0.864. The van der Waals surface area contributed by atoms with Gasteiger partial charge in [-0.15, -0.1) is 0 Å². The minimum absolute atomic E-state index is 0.0878. The fourth-order valence-corrected chi connectivity index (χ4v) is 2.97. The van der Waals surface area contributed by atoms with Crippen LogP contribution >= 0.6 is 0 Å². The minimum atomic E-state index is -0.952. The summed E-state index contributed by atoms with van der Waals surface area (Å²) in [4.78, 5) is 25.3. The number of aryl methyl sites for hydroxylation is 1. The highest BCUT2D eigenvalue weighted by Crippen LogP contribution is 2.19. The number of fused-ring (bicyclic) bond motifs is 1. The number of carbonyl (C=O) groups is 2. The Kier molecular flexibility index (Phi) is 4.42. The van der Waals surface area contributed by atoms with Gasteiger partial charge in [-0.2, -0.15) is 0 Å². The van der Waals surface area contributed by atoms with Crippen LogP contribution in [0.2, 0.25) is 0 Å². The van der Waals surface area contributed by atoms with Crippen molar-refractivity contribution in [2.75, 3.05) is 6.54 Å². The molecule has 0 unspecified atom stereocenters. The molecule has 3 rings (SSSR count). The van der Waals surface area contributed by atoms with Gasteiger partial charge in [0.05, 0.1) is 12.0 Å². The number of nitrogens with zero attached hydrogens (tertiary/aromatic N) is 1. The molecule has 1 aliphatic heterocycles. The first-order valence-electron chi connectivity index (χ1n) is 7.80. The highest BCUT2D eigenvalue weighted by atomic mass is 16.4. The van der Waals surface area contributed by atoms with Crippen molar-refractivity contribution in [3.63, 3.8) is 0 Å². The molecule has 0 aromatic heterocycles. The monoisotopic (exact) mass is 309 g/mol. The summed E-state index contributed by atoms with van der Waals surface area (Å²) < 4.78 is 0. The van der Waals surface area contributed by atoms with Gasteiger partial charge >= 0.3 is 5.97 Å². The molecule has 0 fully saturated rings. The molecule has 0 atom stereocenters. The van der Waals surface area contributed by atoms with Gasteiger partial charge in [0.2, 0.25) is 5.91 Å². The number of carbonyl (C=O) groups excluding carboxylic acids is 1. The van der Waals surface area contributed by atoms with E-state index in [1.54, 1.807) is 24.3 Å². The quantitative estimate of drug-likeness (QED) is 0.948. The third-order valence-corrected chi connectivity index (χ3v) is 4.26. The summed E-state index contributed by atoms with van der Waals surface area (Å²) in [6.07, 6.45) is 2.29. The van der Waals surface area contributed by atoms with Crippen molar-refractivity contribution in [2.45, 2.75) is 25.8 Å². The van der Waals surface area contributed by atoms with Gasteiger partial charge in [-0.3, -0.25) is 4.79 Å². The molecule has 23 heavy (non-hydrogen) atoms. The lowest BCUT2D eigenvalue weighted by atomic mass is 10.0. The van der Waals surface area contributed by atoms with Gasteiger partial charge in [-0.05, 0) is 41.7 Å². The highest BCUT2D eigenvalue weighted by molar-refractivity contribution is 5.87. The number of carboxylic acids is 1. The molecule has 1 aliphatic rings. The summed E-state index contributed by atoms with van der Waals surface area (Å²) in [5.41, 5.74) is 3.63. The summed E-state index contributed by atoms with van der Waals surface area (Å²) in [7, 11) is 0. The predicted octanol–water partition coefficient (Wildman–Crippen LogP) is 2.90. The Balaban J connectivity index is 1.69. The third-order valence-electron chi connectivity index (χ3n) is 4.26. The van der Waals surface area contributed by atoms with Crippen LogP contribution in [0.1, 0.15) is 33.5 Å². The van der Waals surface area contributed by atoms with Crippen LogP contribution in [-0.2, 0) is 24.2 Å². The van der Waals surface area contributed by atoms with Gasteiger partial charge in [0.15, 0.2) is 0 Å². The van der Waals surface area contributed by atoms with Gasteiger partial charge in [0.1, 0.15) is 0 Å². The van der Waals surface area contributed by atoms with Crippen molar-refractivity contribution in [1.82, 2.24) is 4.90 Å². The molecule has 2 aromatic carbocycles. The Hall–Kier alpha value is -2.62. The number of benzene rings is 2. The second-order valence-corrected chi connectivity index (χ2v) is 5.87. The standard InChI is InChI=1S/C19H19NO3/c21-18(12-14-7-9-16(10-8-14)19(22)23)20-11-3-6-15-4-1-2-5-17(15)13-20/h1-2,4-5,7-10H,3,6,11-13H2,(H,22,23). The maximum absolute atomic E-state index is 12.6. The van der Waals surface area contributed by atoms with Crippen molar-refractivity contribution in [3.05, 3.63) is 70.8 Å². The Morgan fingerprint density at radius 1 is 1.00 bits per heavy atom. The molecule has 0 bridgehead atoms. The van der Waals surface area contributed by atoms with Crippen LogP contribution in [0.5, 0.6) is 0 Å². The van der Waals surface area contributed by atoms with Crippen molar-refractivity contribution in [2.24, 2.45) is 0 Å². The first-order valence-corrected chi connectivity index (χ1v) is 7.80. The highest BCUT2D eigenvalue weighted by Gasteiger charge is 2.19. The maximum Gasteiger partial charge on any atom is 0.335 e. The van der Waals surface area contributed by atoms with E-state index in [2.05, 4.69) is 12.1 Å². The van der Waals surface area contributed by atoms with E-state index >= 15 is 0 Å². The normalized spacial score (nSPS) is 14.0. The lowest BCUT2D eigenvalue weighted by molar-refractivity contribution is -0.131. The van der Waals surface area contributed by atoms with Gasteiger partial charge in [-0.25, -0.2) is 4.79 Å². The lowest BCUT2D eigenvalue weighted by Crippen LogP contribution is -2.32. The summed E-state index contributed by atoms with van der Waals surface area (Å²) in [6, 6.07) is 14.8. The molecule has 0 spiro atoms.